The van der Waals surface area contributed by atoms with Gasteiger partial charge in [0.15, 0.2) is 24.1 Å². The minimum absolute atomic E-state index is 0.0166. The van der Waals surface area contributed by atoms with E-state index in [2.05, 4.69) is 21.9 Å². The Morgan fingerprint density at radius 2 is 1.31 bits per heavy atom. The number of phenolic OH excluding ortho intramolecular Hbond substituents is 1. The van der Waals surface area contributed by atoms with E-state index in [1.807, 2.05) is 25.1 Å². The molecule has 4 rings (SSSR count). The highest BCUT2D eigenvalue weighted by atomic mass is 19.4. The number of carbonyl (C=O) groups is 1. The molecular weight excluding hydrogens is 619 g/mol. The first-order valence-electron chi connectivity index (χ1n) is 16.8. The molecule has 0 atom stereocenters. The van der Waals surface area contributed by atoms with Crippen molar-refractivity contribution >= 4 is 5.97 Å². The second-order valence-corrected chi connectivity index (χ2v) is 12.0. The van der Waals surface area contributed by atoms with Crippen LogP contribution in [0.3, 0.4) is 0 Å². The number of aromatic hydroxyl groups is 1. The average molecular weight is 664 g/mol. The maximum absolute atomic E-state index is 13.5. The second-order valence-electron chi connectivity index (χ2n) is 12.0. The lowest BCUT2D eigenvalue weighted by Gasteiger charge is -2.12. The maximum Gasteiger partial charge on any atom is 0.416 e. The molecular formula is C38H44F3N3O4. The zero-order valence-corrected chi connectivity index (χ0v) is 27.7. The van der Waals surface area contributed by atoms with Crippen LogP contribution in [0.4, 0.5) is 13.2 Å². The van der Waals surface area contributed by atoms with E-state index in [0.29, 0.717) is 12.2 Å². The molecule has 7 nitrogen and oxygen atoms in total. The van der Waals surface area contributed by atoms with Crippen molar-refractivity contribution < 1.29 is 32.5 Å². The highest BCUT2D eigenvalue weighted by molar-refractivity contribution is 5.72. The maximum atomic E-state index is 13.5. The zero-order valence-electron chi connectivity index (χ0n) is 27.7. The number of nitrogens with zero attached hydrogens (tertiary/aromatic N) is 3. The first-order chi connectivity index (χ1) is 23.1. The molecule has 4 aromatic rings. The Bertz CT molecular complexity index is 1630. The fourth-order valence-electron chi connectivity index (χ4n) is 5.30. The normalized spacial score (nSPS) is 11.4. The van der Waals surface area contributed by atoms with Gasteiger partial charge in [-0.25, -0.2) is 19.7 Å². The van der Waals surface area contributed by atoms with E-state index in [-0.39, 0.29) is 46.7 Å². The number of carbonyl (C=O) groups excluding carboxylic acids is 1. The van der Waals surface area contributed by atoms with Gasteiger partial charge in [-0.2, -0.15) is 13.2 Å². The summed E-state index contributed by atoms with van der Waals surface area (Å²) in [6, 6.07) is 16.5. The number of rotatable bonds is 18. The van der Waals surface area contributed by atoms with Crippen molar-refractivity contribution in [3.63, 3.8) is 0 Å². The van der Waals surface area contributed by atoms with Crippen LogP contribution in [0, 0.1) is 6.92 Å². The molecule has 1 heterocycles. The van der Waals surface area contributed by atoms with Crippen LogP contribution in [-0.2, 0) is 15.7 Å². The average Bonchev–Trinajstić information content (AvgIpc) is 3.07. The minimum atomic E-state index is -4.54. The number of ether oxygens (including phenoxy) is 2. The molecule has 0 unspecified atom stereocenters. The van der Waals surface area contributed by atoms with Crippen molar-refractivity contribution in [2.24, 2.45) is 0 Å². The summed E-state index contributed by atoms with van der Waals surface area (Å²) in [5.41, 5.74) is 1.11. The number of phenols is 1. The van der Waals surface area contributed by atoms with E-state index < -0.39 is 17.7 Å². The monoisotopic (exact) mass is 663 g/mol. The van der Waals surface area contributed by atoms with Crippen LogP contribution in [0.5, 0.6) is 11.5 Å². The van der Waals surface area contributed by atoms with Crippen LogP contribution in [0.25, 0.3) is 34.2 Å². The van der Waals surface area contributed by atoms with Gasteiger partial charge >= 0.3 is 12.1 Å². The number of unbranched alkanes of at least 4 members (excludes halogenated alkanes) is 10. The Hall–Kier alpha value is -4.47. The van der Waals surface area contributed by atoms with E-state index in [1.54, 1.807) is 12.1 Å². The van der Waals surface area contributed by atoms with Crippen molar-refractivity contribution in [3.05, 3.63) is 77.9 Å². The Morgan fingerprint density at radius 1 is 0.729 bits per heavy atom. The molecule has 1 N–H and O–H groups in total. The van der Waals surface area contributed by atoms with E-state index in [0.717, 1.165) is 37.0 Å². The third-order valence-corrected chi connectivity index (χ3v) is 7.94. The molecule has 0 saturated carbocycles. The number of halogens is 3. The van der Waals surface area contributed by atoms with E-state index in [4.69, 9.17) is 9.47 Å². The van der Waals surface area contributed by atoms with Gasteiger partial charge in [0.1, 0.15) is 11.5 Å². The van der Waals surface area contributed by atoms with Crippen molar-refractivity contribution in [2.45, 2.75) is 90.7 Å². The van der Waals surface area contributed by atoms with Crippen molar-refractivity contribution in [1.82, 2.24) is 15.0 Å². The summed E-state index contributed by atoms with van der Waals surface area (Å²) in [5, 5.41) is 10.9. The van der Waals surface area contributed by atoms with Crippen LogP contribution >= 0.6 is 0 Å². The van der Waals surface area contributed by atoms with Crippen LogP contribution in [0.1, 0.15) is 88.7 Å². The van der Waals surface area contributed by atoms with Gasteiger partial charge in [-0.1, -0.05) is 107 Å². The smallest absolute Gasteiger partial charge is 0.416 e. The van der Waals surface area contributed by atoms with Gasteiger partial charge in [-0.3, -0.25) is 0 Å². The summed E-state index contributed by atoms with van der Waals surface area (Å²) >= 11 is 0. The largest absolute Gasteiger partial charge is 0.507 e. The molecule has 0 saturated heterocycles. The highest BCUT2D eigenvalue weighted by Crippen LogP contribution is 2.35. The standard InChI is InChI=1S/C38H44F3N3O4/c1-3-4-5-6-7-8-9-10-11-12-13-22-47-34(46)26-48-31-20-21-32(33(45)25-31)37-43-35(28-17-14-16-27(2)23-28)42-36(44-37)29-18-15-19-30(24-29)38(39,40)41/h14-21,23-25,45H,3-13,22,26H2,1-2H3. The van der Waals surface area contributed by atoms with Gasteiger partial charge in [0.05, 0.1) is 17.7 Å². The number of esters is 1. The topological polar surface area (TPSA) is 94.4 Å². The summed E-state index contributed by atoms with van der Waals surface area (Å²) in [7, 11) is 0. The molecule has 0 aliphatic carbocycles. The SMILES string of the molecule is CCCCCCCCCCCCCOC(=O)COc1ccc(-c2nc(-c3cccc(C)c3)nc(-c3cccc(C(F)(F)F)c3)n2)c(O)c1. The highest BCUT2D eigenvalue weighted by Gasteiger charge is 2.31. The first-order valence-corrected chi connectivity index (χ1v) is 16.8. The van der Waals surface area contributed by atoms with Gasteiger partial charge in [-0.15, -0.1) is 0 Å². The van der Waals surface area contributed by atoms with Crippen molar-refractivity contribution in [1.29, 1.82) is 0 Å². The number of benzene rings is 3. The Labute approximate surface area is 280 Å². The van der Waals surface area contributed by atoms with E-state index in [9.17, 15) is 23.1 Å². The molecule has 0 amide bonds. The molecule has 3 aromatic carbocycles. The Kier molecular flexibility index (Phi) is 13.8. The molecule has 256 valence electrons. The van der Waals surface area contributed by atoms with E-state index in [1.165, 1.54) is 75.6 Å². The summed E-state index contributed by atoms with van der Waals surface area (Å²) < 4.78 is 51.2. The lowest BCUT2D eigenvalue weighted by Crippen LogP contribution is -2.15. The summed E-state index contributed by atoms with van der Waals surface area (Å²) in [6.07, 6.45) is 8.73. The third-order valence-electron chi connectivity index (χ3n) is 7.94. The third kappa shape index (κ3) is 11.3. The van der Waals surface area contributed by atoms with Gasteiger partial charge in [0.2, 0.25) is 0 Å². The molecule has 0 fully saturated rings. The molecule has 0 aliphatic rings. The van der Waals surface area contributed by atoms with Crippen molar-refractivity contribution in [3.8, 4) is 45.7 Å². The molecule has 0 radical (unpaired) electrons. The van der Waals surface area contributed by atoms with Gasteiger partial charge in [-0.05, 0) is 43.7 Å². The fraction of sp³-hybridized carbons (Fsp3) is 0.421. The molecule has 0 spiro atoms. The number of aromatic nitrogens is 3. The second kappa shape index (κ2) is 18.2. The van der Waals surface area contributed by atoms with Gasteiger partial charge < -0.3 is 14.6 Å². The summed E-state index contributed by atoms with van der Waals surface area (Å²) in [4.78, 5) is 25.7. The lowest BCUT2D eigenvalue weighted by atomic mass is 10.1. The number of hydrogen-bond acceptors (Lipinski definition) is 7. The van der Waals surface area contributed by atoms with Crippen molar-refractivity contribution in [2.75, 3.05) is 13.2 Å². The predicted octanol–water partition coefficient (Wildman–Crippen LogP) is 10.1. The number of hydrogen-bond donors (Lipinski definition) is 1. The molecule has 0 bridgehead atoms. The summed E-state index contributed by atoms with van der Waals surface area (Å²) in [5.74, 6) is -0.201. The van der Waals surface area contributed by atoms with Crippen LogP contribution in [0.15, 0.2) is 66.7 Å². The van der Waals surface area contributed by atoms with Crippen LogP contribution in [0.2, 0.25) is 0 Å². The van der Waals surface area contributed by atoms with Gasteiger partial charge in [0.25, 0.3) is 0 Å². The number of aryl methyl sites for hydroxylation is 1. The first kappa shape index (κ1) is 36.4. The Balaban J connectivity index is 1.36. The summed E-state index contributed by atoms with van der Waals surface area (Å²) in [6.45, 7) is 4.14. The van der Waals surface area contributed by atoms with Crippen LogP contribution in [-0.4, -0.2) is 39.2 Å². The van der Waals surface area contributed by atoms with E-state index >= 15 is 0 Å². The lowest BCUT2D eigenvalue weighted by molar-refractivity contribution is -0.146. The zero-order chi connectivity index (χ0) is 34.4. The quantitative estimate of drug-likeness (QED) is 0.0836. The molecule has 48 heavy (non-hydrogen) atoms. The molecule has 0 aliphatic heterocycles. The Morgan fingerprint density at radius 3 is 1.92 bits per heavy atom. The van der Waals surface area contributed by atoms with Crippen LogP contribution < -0.4 is 4.74 Å². The molecule has 1 aromatic heterocycles. The number of alkyl halides is 3. The fourth-order valence-corrected chi connectivity index (χ4v) is 5.30. The molecule has 10 heteroatoms. The van der Waals surface area contributed by atoms with Gasteiger partial charge in [0, 0.05) is 17.2 Å². The predicted molar refractivity (Wildman–Crippen MR) is 180 cm³/mol. The minimum Gasteiger partial charge on any atom is -0.507 e.